The van der Waals surface area contributed by atoms with Crippen LogP contribution >= 0.6 is 28.5 Å². The van der Waals surface area contributed by atoms with Crippen LogP contribution < -0.4 is 4.52 Å². The maximum Gasteiger partial charge on any atom is 0.398 e. The van der Waals surface area contributed by atoms with Gasteiger partial charge in [0.1, 0.15) is 5.75 Å². The van der Waals surface area contributed by atoms with E-state index in [0.717, 1.165) is 38.5 Å². The molecule has 1 atom stereocenters. The van der Waals surface area contributed by atoms with Crippen molar-refractivity contribution in [2.45, 2.75) is 32.6 Å². The van der Waals surface area contributed by atoms with E-state index in [9.17, 15) is 4.57 Å². The molecule has 0 aromatic heterocycles. The van der Waals surface area contributed by atoms with Crippen LogP contribution in [-0.4, -0.2) is 0 Å². The fourth-order valence-corrected chi connectivity index (χ4v) is 5.99. The topological polar surface area (TPSA) is 26.3 Å². The number of halogens is 1. The molecule has 0 bridgehead atoms. The standard InChI is InChI=1S/C16H18ClO2PS/c1-11-7-5-8-12(2)15(11)19-20(17,18)21-16-13(3)9-6-10-14(16)4/h5-10H,1-4H3. The van der Waals surface area contributed by atoms with Crippen molar-refractivity contribution in [3.8, 4) is 5.75 Å². The van der Waals surface area contributed by atoms with Gasteiger partial charge in [-0.05, 0) is 72.6 Å². The third kappa shape index (κ3) is 4.06. The molecule has 2 rings (SSSR count). The van der Waals surface area contributed by atoms with Crippen molar-refractivity contribution in [2.75, 3.05) is 0 Å². The summed E-state index contributed by atoms with van der Waals surface area (Å²) in [5.74, 6) is -2.75. The fourth-order valence-electron chi connectivity index (χ4n) is 2.12. The van der Waals surface area contributed by atoms with E-state index in [4.69, 9.17) is 15.8 Å². The minimum absolute atomic E-state index is 0.606. The zero-order chi connectivity index (χ0) is 15.6. The minimum Gasteiger partial charge on any atom is -0.425 e. The number of rotatable bonds is 4. The van der Waals surface area contributed by atoms with Gasteiger partial charge in [-0.15, -0.1) is 0 Å². The molecule has 0 spiro atoms. The predicted molar refractivity (Wildman–Crippen MR) is 91.8 cm³/mol. The number of hydrogen-bond donors (Lipinski definition) is 0. The van der Waals surface area contributed by atoms with E-state index in [1.807, 2.05) is 64.1 Å². The average molecular weight is 341 g/mol. The van der Waals surface area contributed by atoms with Crippen LogP contribution in [0.4, 0.5) is 0 Å². The molecular weight excluding hydrogens is 323 g/mol. The predicted octanol–water partition coefficient (Wildman–Crippen LogP) is 6.44. The lowest BCUT2D eigenvalue weighted by atomic mass is 10.1. The van der Waals surface area contributed by atoms with Gasteiger partial charge in [-0.1, -0.05) is 36.4 Å². The first-order chi connectivity index (χ1) is 9.80. The highest BCUT2D eigenvalue weighted by Crippen LogP contribution is 2.67. The Labute approximate surface area is 134 Å². The molecule has 0 aliphatic heterocycles. The normalized spacial score (nSPS) is 13.8. The molecule has 0 saturated heterocycles. The Kier molecular flexibility index (Phi) is 5.08. The van der Waals surface area contributed by atoms with Crippen LogP contribution in [0.5, 0.6) is 5.75 Å². The van der Waals surface area contributed by atoms with Gasteiger partial charge in [-0.3, -0.25) is 0 Å². The van der Waals surface area contributed by atoms with Crippen molar-refractivity contribution in [3.05, 3.63) is 58.7 Å². The first-order valence-electron chi connectivity index (χ1n) is 6.61. The van der Waals surface area contributed by atoms with Gasteiger partial charge in [0.25, 0.3) is 0 Å². The molecule has 2 nitrogen and oxygen atoms in total. The summed E-state index contributed by atoms with van der Waals surface area (Å²) in [5.41, 5.74) is 3.95. The summed E-state index contributed by atoms with van der Waals surface area (Å²) in [7, 11) is 0. The second kappa shape index (κ2) is 6.48. The van der Waals surface area contributed by atoms with Gasteiger partial charge in [-0.2, -0.15) is 0 Å². The third-order valence-electron chi connectivity index (χ3n) is 3.22. The summed E-state index contributed by atoms with van der Waals surface area (Å²) in [4.78, 5) is 0.919. The van der Waals surface area contributed by atoms with Crippen molar-refractivity contribution in [1.29, 1.82) is 0 Å². The first-order valence-corrected chi connectivity index (χ1v) is 10.6. The Balaban J connectivity index is 2.29. The minimum atomic E-state index is -3.36. The smallest absolute Gasteiger partial charge is 0.398 e. The van der Waals surface area contributed by atoms with Crippen LogP contribution in [0.2, 0.25) is 0 Å². The van der Waals surface area contributed by atoms with E-state index >= 15 is 0 Å². The fraction of sp³-hybridized carbons (Fsp3) is 0.250. The molecule has 2 aromatic carbocycles. The molecule has 0 N–H and O–H groups in total. The Morgan fingerprint density at radius 1 is 0.905 bits per heavy atom. The van der Waals surface area contributed by atoms with Gasteiger partial charge in [0.15, 0.2) is 0 Å². The van der Waals surface area contributed by atoms with Gasteiger partial charge >= 0.3 is 5.92 Å². The first kappa shape index (κ1) is 16.5. The zero-order valence-corrected chi connectivity index (χ0v) is 15.0. The number of para-hydroxylation sites is 1. The highest BCUT2D eigenvalue weighted by Gasteiger charge is 2.26. The van der Waals surface area contributed by atoms with Crippen molar-refractivity contribution in [1.82, 2.24) is 0 Å². The van der Waals surface area contributed by atoms with Gasteiger partial charge in [0.05, 0.1) is 0 Å². The molecule has 1 unspecified atom stereocenters. The van der Waals surface area contributed by atoms with Crippen molar-refractivity contribution < 1.29 is 9.09 Å². The summed E-state index contributed by atoms with van der Waals surface area (Å²) in [5, 5.41) is 0. The molecule has 0 radical (unpaired) electrons. The van der Waals surface area contributed by atoms with Crippen molar-refractivity contribution in [3.63, 3.8) is 0 Å². The molecule has 0 fully saturated rings. The summed E-state index contributed by atoms with van der Waals surface area (Å²) >= 11 is 7.30. The average Bonchev–Trinajstić information content (AvgIpc) is 2.39. The van der Waals surface area contributed by atoms with Crippen molar-refractivity contribution >= 4 is 28.5 Å². The highest BCUT2D eigenvalue weighted by atomic mass is 35.7. The lowest BCUT2D eigenvalue weighted by molar-refractivity contribution is 0.510. The molecule has 21 heavy (non-hydrogen) atoms. The SMILES string of the molecule is Cc1cccc(C)c1OP(=O)(Cl)Sc1c(C)cccc1C. The second-order valence-corrected chi connectivity index (χ2v) is 10.6. The molecule has 0 saturated carbocycles. The third-order valence-corrected chi connectivity index (χ3v) is 6.92. The summed E-state index contributed by atoms with van der Waals surface area (Å²) in [6.45, 7) is 7.79. The lowest BCUT2D eigenvalue weighted by Gasteiger charge is -2.17. The van der Waals surface area contributed by atoms with Crippen LogP contribution in [0.25, 0.3) is 0 Å². The largest absolute Gasteiger partial charge is 0.425 e. The van der Waals surface area contributed by atoms with E-state index in [-0.39, 0.29) is 0 Å². The lowest BCUT2D eigenvalue weighted by Crippen LogP contribution is -1.92. The van der Waals surface area contributed by atoms with E-state index in [0.29, 0.717) is 5.75 Å². The van der Waals surface area contributed by atoms with Gasteiger partial charge in [-0.25, -0.2) is 4.57 Å². The second-order valence-electron chi connectivity index (χ2n) is 5.06. The van der Waals surface area contributed by atoms with Crippen LogP contribution in [0.15, 0.2) is 41.3 Å². The van der Waals surface area contributed by atoms with Gasteiger partial charge in [0, 0.05) is 4.90 Å². The number of hydrogen-bond acceptors (Lipinski definition) is 3. The molecular formula is C16H18ClO2PS. The molecule has 2 aromatic rings. The van der Waals surface area contributed by atoms with Gasteiger partial charge < -0.3 is 4.52 Å². The maximum absolute atomic E-state index is 12.7. The number of benzene rings is 2. The quantitative estimate of drug-likeness (QED) is 0.599. The Morgan fingerprint density at radius 3 is 1.81 bits per heavy atom. The highest BCUT2D eigenvalue weighted by molar-refractivity contribution is 8.64. The monoisotopic (exact) mass is 340 g/mol. The van der Waals surface area contributed by atoms with Crippen LogP contribution in [-0.2, 0) is 4.57 Å². The van der Waals surface area contributed by atoms with Crippen molar-refractivity contribution in [2.24, 2.45) is 0 Å². The van der Waals surface area contributed by atoms with E-state index in [1.165, 1.54) is 0 Å². The molecule has 5 heteroatoms. The maximum atomic E-state index is 12.7. The zero-order valence-electron chi connectivity index (χ0n) is 12.5. The Bertz CT molecular complexity index is 617. The van der Waals surface area contributed by atoms with Gasteiger partial charge in [0.2, 0.25) is 0 Å². The van der Waals surface area contributed by atoms with E-state index in [2.05, 4.69) is 0 Å². The number of aryl methyl sites for hydroxylation is 4. The Morgan fingerprint density at radius 2 is 1.33 bits per heavy atom. The Hall–Kier alpha value is -0.890. The molecule has 0 heterocycles. The molecule has 112 valence electrons. The van der Waals surface area contributed by atoms with E-state index < -0.39 is 5.92 Å². The van der Waals surface area contributed by atoms with E-state index in [1.54, 1.807) is 0 Å². The summed E-state index contributed by atoms with van der Waals surface area (Å²) in [6, 6.07) is 11.7. The van der Waals surface area contributed by atoms with Crippen LogP contribution in [0, 0.1) is 27.7 Å². The molecule has 0 amide bonds. The molecule has 0 aliphatic carbocycles. The van der Waals surface area contributed by atoms with Crippen LogP contribution in [0.1, 0.15) is 22.3 Å². The summed E-state index contributed by atoms with van der Waals surface area (Å²) < 4.78 is 18.3. The molecule has 0 aliphatic rings. The van der Waals surface area contributed by atoms with Crippen LogP contribution in [0.3, 0.4) is 0 Å². The summed E-state index contributed by atoms with van der Waals surface area (Å²) in [6.07, 6.45) is 0.